The molecule has 0 atom stereocenters. The Labute approximate surface area is 108 Å². The van der Waals surface area contributed by atoms with Crippen molar-refractivity contribution in [3.05, 3.63) is 33.9 Å². The summed E-state index contributed by atoms with van der Waals surface area (Å²) in [5.74, 6) is -1.55. The number of benzene rings is 1. The number of primary amides is 1. The molecule has 5 N–H and O–H groups in total. The van der Waals surface area contributed by atoms with Crippen LogP contribution in [0.5, 0.6) is 0 Å². The Morgan fingerprint density at radius 3 is 2.42 bits per heavy atom. The van der Waals surface area contributed by atoms with Gasteiger partial charge in [-0.15, -0.1) is 0 Å². The van der Waals surface area contributed by atoms with E-state index in [0.717, 1.165) is 6.07 Å². The van der Waals surface area contributed by atoms with Crippen molar-refractivity contribution in [1.29, 1.82) is 0 Å². The number of nitrogens with one attached hydrogen (secondary N) is 1. The Hall–Kier alpha value is -2.64. The van der Waals surface area contributed by atoms with Crippen LogP contribution >= 0.6 is 0 Å². The molecule has 0 aliphatic heterocycles. The summed E-state index contributed by atoms with van der Waals surface area (Å²) >= 11 is 0. The van der Waals surface area contributed by atoms with E-state index in [9.17, 15) is 19.7 Å². The van der Waals surface area contributed by atoms with Crippen molar-refractivity contribution in [2.24, 2.45) is 5.73 Å². The summed E-state index contributed by atoms with van der Waals surface area (Å²) in [5, 5.41) is 13.2. The third-order valence-electron chi connectivity index (χ3n) is 2.50. The zero-order valence-corrected chi connectivity index (χ0v) is 10.5. The van der Waals surface area contributed by atoms with Gasteiger partial charge in [-0.1, -0.05) is 0 Å². The lowest BCUT2D eigenvalue weighted by molar-refractivity contribution is -0.385. The second-order valence-corrected chi connectivity index (χ2v) is 4.48. The lowest BCUT2D eigenvalue weighted by Crippen LogP contribution is -2.53. The maximum atomic E-state index is 12.0. The SMILES string of the molecule is CC(C)(NC(=O)c1cc(N)ccc1[N+](=O)[O-])C(N)=O. The predicted molar refractivity (Wildman–Crippen MR) is 68.2 cm³/mol. The first-order chi connectivity index (χ1) is 8.65. The molecule has 0 saturated carbocycles. The van der Waals surface area contributed by atoms with Gasteiger partial charge in [-0.3, -0.25) is 19.7 Å². The van der Waals surface area contributed by atoms with Crippen molar-refractivity contribution in [3.63, 3.8) is 0 Å². The van der Waals surface area contributed by atoms with E-state index in [1.807, 2.05) is 0 Å². The number of nitrogens with zero attached hydrogens (tertiary/aromatic N) is 1. The second kappa shape index (κ2) is 4.92. The van der Waals surface area contributed by atoms with Gasteiger partial charge in [0.25, 0.3) is 11.6 Å². The Morgan fingerprint density at radius 1 is 1.37 bits per heavy atom. The fourth-order valence-electron chi connectivity index (χ4n) is 1.31. The van der Waals surface area contributed by atoms with Crippen LogP contribution in [0.15, 0.2) is 18.2 Å². The maximum absolute atomic E-state index is 12.0. The molecule has 1 aromatic carbocycles. The van der Waals surface area contributed by atoms with Gasteiger partial charge in [-0.2, -0.15) is 0 Å². The minimum atomic E-state index is -1.32. The number of hydrogen-bond donors (Lipinski definition) is 3. The van der Waals surface area contributed by atoms with Crippen molar-refractivity contribution in [2.45, 2.75) is 19.4 Å². The summed E-state index contributed by atoms with van der Waals surface area (Å²) < 4.78 is 0. The fraction of sp³-hybridized carbons (Fsp3) is 0.273. The second-order valence-electron chi connectivity index (χ2n) is 4.48. The van der Waals surface area contributed by atoms with Crippen molar-refractivity contribution in [3.8, 4) is 0 Å². The minimum Gasteiger partial charge on any atom is -0.399 e. The van der Waals surface area contributed by atoms with Crippen LogP contribution in [0.25, 0.3) is 0 Å². The summed E-state index contributed by atoms with van der Waals surface area (Å²) in [7, 11) is 0. The molecule has 0 saturated heterocycles. The molecule has 0 radical (unpaired) electrons. The molecule has 2 amide bonds. The van der Waals surface area contributed by atoms with Gasteiger partial charge in [-0.25, -0.2) is 0 Å². The van der Waals surface area contributed by atoms with Crippen LogP contribution in [0.2, 0.25) is 0 Å². The van der Waals surface area contributed by atoms with Gasteiger partial charge < -0.3 is 16.8 Å². The van der Waals surface area contributed by atoms with Crippen LogP contribution < -0.4 is 16.8 Å². The largest absolute Gasteiger partial charge is 0.399 e. The Balaban J connectivity index is 3.16. The highest BCUT2D eigenvalue weighted by atomic mass is 16.6. The number of nitrogens with two attached hydrogens (primary N) is 2. The van der Waals surface area contributed by atoms with E-state index >= 15 is 0 Å². The zero-order chi connectivity index (χ0) is 14.8. The lowest BCUT2D eigenvalue weighted by Gasteiger charge is -2.22. The van der Waals surface area contributed by atoms with Crippen LogP contribution in [0.1, 0.15) is 24.2 Å². The van der Waals surface area contributed by atoms with Gasteiger partial charge in [0.1, 0.15) is 11.1 Å². The first-order valence-corrected chi connectivity index (χ1v) is 5.31. The fourth-order valence-corrected chi connectivity index (χ4v) is 1.31. The molecular formula is C11H14N4O4. The van der Waals surface area contributed by atoms with Crippen molar-refractivity contribution in [2.75, 3.05) is 5.73 Å². The third-order valence-corrected chi connectivity index (χ3v) is 2.50. The summed E-state index contributed by atoms with van der Waals surface area (Å²) in [4.78, 5) is 33.2. The molecule has 0 aromatic heterocycles. The summed E-state index contributed by atoms with van der Waals surface area (Å²) in [6, 6.07) is 3.61. The molecule has 1 aromatic rings. The molecule has 1 rings (SSSR count). The number of anilines is 1. The third kappa shape index (κ3) is 3.18. The molecule has 19 heavy (non-hydrogen) atoms. The average molecular weight is 266 g/mol. The van der Waals surface area contributed by atoms with Gasteiger partial charge in [0.2, 0.25) is 5.91 Å². The highest BCUT2D eigenvalue weighted by molar-refractivity contribution is 6.02. The van der Waals surface area contributed by atoms with Gasteiger partial charge in [0, 0.05) is 11.8 Å². The molecule has 0 bridgehead atoms. The van der Waals surface area contributed by atoms with E-state index in [-0.39, 0.29) is 11.3 Å². The van der Waals surface area contributed by atoms with Crippen molar-refractivity contribution in [1.82, 2.24) is 5.32 Å². The first-order valence-electron chi connectivity index (χ1n) is 5.31. The number of carbonyl (C=O) groups excluding carboxylic acids is 2. The standard InChI is InChI=1S/C11H14N4O4/c1-11(2,10(13)17)14-9(16)7-5-6(12)3-4-8(7)15(18)19/h3-5H,12H2,1-2H3,(H2,13,17)(H,14,16). The van der Waals surface area contributed by atoms with E-state index in [1.165, 1.54) is 26.0 Å². The van der Waals surface area contributed by atoms with Crippen LogP contribution in [-0.4, -0.2) is 22.3 Å². The molecule has 8 heteroatoms. The van der Waals surface area contributed by atoms with Crippen molar-refractivity contribution >= 4 is 23.2 Å². The van der Waals surface area contributed by atoms with E-state index < -0.39 is 28.0 Å². The summed E-state index contributed by atoms with van der Waals surface area (Å²) in [6.45, 7) is 2.79. The van der Waals surface area contributed by atoms with E-state index in [1.54, 1.807) is 0 Å². The smallest absolute Gasteiger partial charge is 0.282 e. The predicted octanol–water partition coefficient (Wildman–Crippen LogP) is 0.171. The molecule has 0 unspecified atom stereocenters. The monoisotopic (exact) mass is 266 g/mol. The van der Waals surface area contributed by atoms with Gasteiger partial charge in [0.15, 0.2) is 0 Å². The van der Waals surface area contributed by atoms with Crippen LogP contribution in [0.4, 0.5) is 11.4 Å². The molecule has 102 valence electrons. The van der Waals surface area contributed by atoms with Crippen molar-refractivity contribution < 1.29 is 14.5 Å². The zero-order valence-electron chi connectivity index (χ0n) is 10.5. The Kier molecular flexibility index (Phi) is 3.74. The molecule has 0 spiro atoms. The molecule has 0 aliphatic carbocycles. The highest BCUT2D eigenvalue weighted by Gasteiger charge is 2.30. The number of nitro benzene ring substituents is 1. The number of hydrogen-bond acceptors (Lipinski definition) is 5. The summed E-state index contributed by atoms with van der Waals surface area (Å²) in [6.07, 6.45) is 0. The van der Waals surface area contributed by atoms with E-state index in [4.69, 9.17) is 11.5 Å². The number of amides is 2. The van der Waals surface area contributed by atoms with E-state index in [0.29, 0.717) is 0 Å². The number of nitrogen functional groups attached to an aromatic ring is 1. The summed E-state index contributed by atoms with van der Waals surface area (Å²) in [5.41, 5.74) is 8.87. The first kappa shape index (κ1) is 14.4. The highest BCUT2D eigenvalue weighted by Crippen LogP contribution is 2.21. The van der Waals surface area contributed by atoms with Gasteiger partial charge >= 0.3 is 0 Å². The molecule has 0 aliphatic rings. The lowest BCUT2D eigenvalue weighted by atomic mass is 10.0. The Bertz CT molecular complexity index is 554. The Morgan fingerprint density at radius 2 is 1.95 bits per heavy atom. The number of nitro groups is 1. The van der Waals surface area contributed by atoms with E-state index in [2.05, 4.69) is 5.32 Å². The van der Waals surface area contributed by atoms with Gasteiger partial charge in [0.05, 0.1) is 4.92 Å². The molecule has 8 nitrogen and oxygen atoms in total. The average Bonchev–Trinajstić information content (AvgIpc) is 2.27. The maximum Gasteiger partial charge on any atom is 0.282 e. The van der Waals surface area contributed by atoms with Gasteiger partial charge in [-0.05, 0) is 26.0 Å². The minimum absolute atomic E-state index is 0.202. The quantitative estimate of drug-likeness (QED) is 0.404. The number of rotatable bonds is 4. The van der Waals surface area contributed by atoms with Crippen LogP contribution in [0, 0.1) is 10.1 Å². The molecular weight excluding hydrogens is 252 g/mol. The van der Waals surface area contributed by atoms with Crippen LogP contribution in [0.3, 0.4) is 0 Å². The normalized spacial score (nSPS) is 10.8. The topological polar surface area (TPSA) is 141 Å². The van der Waals surface area contributed by atoms with Crippen LogP contribution in [-0.2, 0) is 4.79 Å². The molecule has 0 heterocycles. The molecule has 0 fully saturated rings. The number of carbonyl (C=O) groups is 2.